The lowest BCUT2D eigenvalue weighted by atomic mass is 10.00. The Morgan fingerprint density at radius 1 is 1.19 bits per heavy atom. The van der Waals surface area contributed by atoms with Crippen molar-refractivity contribution in [2.75, 3.05) is 11.9 Å². The Kier molecular flexibility index (Phi) is 5.08. The van der Waals surface area contributed by atoms with E-state index in [2.05, 4.69) is 5.32 Å². The van der Waals surface area contributed by atoms with Crippen LogP contribution in [0.5, 0.6) is 5.75 Å². The molecule has 0 bridgehead atoms. The van der Waals surface area contributed by atoms with Gasteiger partial charge in [-0.05, 0) is 43.3 Å². The molecule has 0 saturated heterocycles. The number of Topliss-reactive ketones (excluding diaryl/α,β-unsaturated/α-hetero) is 1. The molecule has 0 amide bonds. The number of hydrogen-bond acceptors (Lipinski definition) is 6. The van der Waals surface area contributed by atoms with Crippen LogP contribution in [0.4, 0.5) is 5.69 Å². The number of fused-ring (bicyclic) bond motifs is 1. The van der Waals surface area contributed by atoms with Gasteiger partial charge < -0.3 is 14.8 Å². The van der Waals surface area contributed by atoms with Crippen LogP contribution in [0.15, 0.2) is 65.2 Å². The zero-order chi connectivity index (χ0) is 18.7. The van der Waals surface area contributed by atoms with Crippen LogP contribution in [0.2, 0.25) is 0 Å². The first-order valence-electron chi connectivity index (χ1n) is 7.91. The molecule has 2 aromatic carbocycles. The summed E-state index contributed by atoms with van der Waals surface area (Å²) in [5, 5.41) is 8.04. The monoisotopic (exact) mass is 374 g/mol. The van der Waals surface area contributed by atoms with Crippen LogP contribution >= 0.6 is 0 Å². The summed E-state index contributed by atoms with van der Waals surface area (Å²) in [5.41, 5.74) is 1.37. The standard InChI is InChI=1S/C18H18N2O5S/c1-2-24-18-15(17(21)14-5-3-4-6-16(14)25-18)11-20-12-7-9-13(10-8-12)26(19,22)23/h3-11,18,20H,2H2,1H3,(H2,19,22,23)/b15-11+/t18-/m0/s1. The van der Waals surface area contributed by atoms with Gasteiger partial charge in [0.25, 0.3) is 0 Å². The summed E-state index contributed by atoms with van der Waals surface area (Å²) >= 11 is 0. The van der Waals surface area contributed by atoms with Crippen molar-refractivity contribution in [3.8, 4) is 5.75 Å². The number of carbonyl (C=O) groups is 1. The first-order valence-corrected chi connectivity index (χ1v) is 9.46. The Hall–Kier alpha value is -2.68. The van der Waals surface area contributed by atoms with Crippen LogP contribution < -0.4 is 15.2 Å². The molecule has 2 aromatic rings. The van der Waals surface area contributed by atoms with Gasteiger partial charge in [-0.25, -0.2) is 13.6 Å². The maximum Gasteiger partial charge on any atom is 0.238 e. The first-order chi connectivity index (χ1) is 12.4. The third-order valence-electron chi connectivity index (χ3n) is 3.78. The molecule has 1 heterocycles. The van der Waals surface area contributed by atoms with Gasteiger partial charge in [-0.2, -0.15) is 0 Å². The van der Waals surface area contributed by atoms with Gasteiger partial charge >= 0.3 is 0 Å². The number of ether oxygens (including phenoxy) is 2. The van der Waals surface area contributed by atoms with E-state index < -0.39 is 16.3 Å². The van der Waals surface area contributed by atoms with Gasteiger partial charge in [0.15, 0.2) is 5.78 Å². The van der Waals surface area contributed by atoms with Gasteiger partial charge in [-0.1, -0.05) is 12.1 Å². The molecule has 136 valence electrons. The van der Waals surface area contributed by atoms with Crippen molar-refractivity contribution >= 4 is 21.5 Å². The second-order valence-corrected chi connectivity index (χ2v) is 7.11. The molecule has 0 radical (unpaired) electrons. The van der Waals surface area contributed by atoms with E-state index >= 15 is 0 Å². The molecule has 1 aliphatic rings. The molecule has 8 heteroatoms. The number of nitrogens with two attached hydrogens (primary N) is 1. The second-order valence-electron chi connectivity index (χ2n) is 5.54. The second kappa shape index (κ2) is 7.28. The Balaban J connectivity index is 1.87. The number of sulfonamides is 1. The fraction of sp³-hybridized carbons (Fsp3) is 0.167. The number of hydrogen-bond donors (Lipinski definition) is 2. The highest BCUT2D eigenvalue weighted by atomic mass is 32.2. The quantitative estimate of drug-likeness (QED) is 0.778. The van der Waals surface area contributed by atoms with Crippen molar-refractivity contribution in [1.29, 1.82) is 0 Å². The summed E-state index contributed by atoms with van der Waals surface area (Å²) in [7, 11) is -3.75. The van der Waals surface area contributed by atoms with E-state index in [0.717, 1.165) is 0 Å². The molecular formula is C18H18N2O5S. The van der Waals surface area contributed by atoms with Crippen molar-refractivity contribution in [3.05, 3.63) is 65.9 Å². The van der Waals surface area contributed by atoms with Crippen LogP contribution in [0.25, 0.3) is 0 Å². The Morgan fingerprint density at radius 3 is 2.54 bits per heavy atom. The molecule has 7 nitrogen and oxygen atoms in total. The minimum atomic E-state index is -3.75. The number of benzene rings is 2. The fourth-order valence-electron chi connectivity index (χ4n) is 2.51. The highest BCUT2D eigenvalue weighted by molar-refractivity contribution is 7.89. The van der Waals surface area contributed by atoms with Gasteiger partial charge in [-0.15, -0.1) is 0 Å². The molecule has 3 rings (SSSR count). The number of anilines is 1. The molecule has 0 aliphatic carbocycles. The van der Waals surface area contributed by atoms with Crippen LogP contribution in [-0.4, -0.2) is 27.1 Å². The predicted molar refractivity (Wildman–Crippen MR) is 96.3 cm³/mol. The molecule has 0 saturated carbocycles. The maximum absolute atomic E-state index is 12.7. The predicted octanol–water partition coefficient (Wildman–Crippen LogP) is 2.27. The normalized spacial score (nSPS) is 18.3. The summed E-state index contributed by atoms with van der Waals surface area (Å²) in [6.07, 6.45) is 0.684. The SMILES string of the molecule is CCO[C@H]1Oc2ccccc2C(=O)/C1=C\Nc1ccc(S(N)(=O)=O)cc1. The number of para-hydroxylation sites is 1. The molecule has 0 fully saturated rings. The fourth-order valence-corrected chi connectivity index (χ4v) is 3.02. The molecule has 26 heavy (non-hydrogen) atoms. The molecule has 0 spiro atoms. The summed E-state index contributed by atoms with van der Waals surface area (Å²) in [6, 6.07) is 12.8. The largest absolute Gasteiger partial charge is 0.460 e. The van der Waals surface area contributed by atoms with E-state index in [4.69, 9.17) is 14.6 Å². The zero-order valence-corrected chi connectivity index (χ0v) is 14.8. The zero-order valence-electron chi connectivity index (χ0n) is 14.0. The molecular weight excluding hydrogens is 356 g/mol. The van der Waals surface area contributed by atoms with Crippen molar-refractivity contribution in [1.82, 2.24) is 0 Å². The minimum Gasteiger partial charge on any atom is -0.460 e. The molecule has 0 unspecified atom stereocenters. The maximum atomic E-state index is 12.7. The van der Waals surface area contributed by atoms with Crippen molar-refractivity contribution in [2.45, 2.75) is 18.1 Å². The van der Waals surface area contributed by atoms with Gasteiger partial charge in [-0.3, -0.25) is 4.79 Å². The summed E-state index contributed by atoms with van der Waals surface area (Å²) in [5.74, 6) is 0.282. The molecule has 0 aromatic heterocycles. The van der Waals surface area contributed by atoms with E-state index in [9.17, 15) is 13.2 Å². The highest BCUT2D eigenvalue weighted by Crippen LogP contribution is 2.31. The third-order valence-corrected chi connectivity index (χ3v) is 4.71. The summed E-state index contributed by atoms with van der Waals surface area (Å²) in [4.78, 5) is 12.8. The minimum absolute atomic E-state index is 0.00824. The number of rotatable bonds is 5. The summed E-state index contributed by atoms with van der Waals surface area (Å²) in [6.45, 7) is 2.19. The van der Waals surface area contributed by atoms with Crippen molar-refractivity contribution < 1.29 is 22.7 Å². The number of primary sulfonamides is 1. The van der Waals surface area contributed by atoms with Crippen molar-refractivity contribution in [3.63, 3.8) is 0 Å². The van der Waals surface area contributed by atoms with Crippen molar-refractivity contribution in [2.24, 2.45) is 5.14 Å². The molecule has 1 aliphatic heterocycles. The number of carbonyl (C=O) groups excluding carboxylic acids is 1. The van der Waals surface area contributed by atoms with E-state index in [0.29, 0.717) is 29.2 Å². The lowest BCUT2D eigenvalue weighted by Gasteiger charge is -2.27. The van der Waals surface area contributed by atoms with Crippen LogP contribution in [-0.2, 0) is 14.8 Å². The number of nitrogens with one attached hydrogen (secondary N) is 1. The highest BCUT2D eigenvalue weighted by Gasteiger charge is 2.32. The molecule has 3 N–H and O–H groups in total. The third kappa shape index (κ3) is 3.77. The molecule has 1 atom stereocenters. The topological polar surface area (TPSA) is 108 Å². The van der Waals surface area contributed by atoms with E-state index in [-0.39, 0.29) is 10.7 Å². The van der Waals surface area contributed by atoms with Gasteiger partial charge in [0.2, 0.25) is 16.3 Å². The van der Waals surface area contributed by atoms with Crippen LogP contribution in [0.1, 0.15) is 17.3 Å². The smallest absolute Gasteiger partial charge is 0.238 e. The van der Waals surface area contributed by atoms with E-state index in [1.54, 1.807) is 36.4 Å². The van der Waals surface area contributed by atoms with Crippen LogP contribution in [0, 0.1) is 0 Å². The first kappa shape index (κ1) is 18.1. The Morgan fingerprint density at radius 2 is 1.88 bits per heavy atom. The average molecular weight is 374 g/mol. The Labute approximate surface area is 151 Å². The van der Waals surface area contributed by atoms with Crippen LogP contribution in [0.3, 0.4) is 0 Å². The van der Waals surface area contributed by atoms with Gasteiger partial charge in [0.05, 0.1) is 16.0 Å². The lowest BCUT2D eigenvalue weighted by molar-refractivity contribution is -0.0509. The van der Waals surface area contributed by atoms with Gasteiger partial charge in [0.1, 0.15) is 5.75 Å². The lowest BCUT2D eigenvalue weighted by Crippen LogP contribution is -2.33. The van der Waals surface area contributed by atoms with E-state index in [1.807, 2.05) is 6.92 Å². The summed E-state index contributed by atoms with van der Waals surface area (Å²) < 4.78 is 33.9. The number of ketones is 1. The Bertz CT molecular complexity index is 952. The van der Waals surface area contributed by atoms with Gasteiger partial charge in [0, 0.05) is 18.5 Å². The average Bonchev–Trinajstić information content (AvgIpc) is 2.61. The van der Waals surface area contributed by atoms with E-state index in [1.165, 1.54) is 18.3 Å².